The Morgan fingerprint density at radius 3 is 2.14 bits per heavy atom. The largest absolute Gasteiger partial charge is 0.481 e. The predicted molar refractivity (Wildman–Crippen MR) is 119 cm³/mol. The van der Waals surface area contributed by atoms with Gasteiger partial charge in [-0.2, -0.15) is 0 Å². The molecule has 0 spiro atoms. The minimum Gasteiger partial charge on any atom is -0.481 e. The predicted octanol–water partition coefficient (Wildman–Crippen LogP) is 6.35. The maximum absolute atomic E-state index is 11.4. The van der Waals surface area contributed by atoms with Gasteiger partial charge < -0.3 is 5.11 Å². The molecule has 3 nitrogen and oxygen atoms in total. The van der Waals surface area contributed by atoms with Crippen LogP contribution in [0.3, 0.4) is 0 Å². The fraction of sp³-hybridized carbons (Fsp3) is 0.0833. The SMILES string of the molecule is O=C(O)Cc1sc(-c2ccc(Cl)cc2)nc1-c1ccc(Cc2ccccc2)cc1. The standard InChI is InChI=1S/C24H18ClNO2S/c25-20-12-10-19(11-13-20)24-26-23(21(29-24)15-22(27)28)18-8-6-17(7-9-18)14-16-4-2-1-3-5-16/h1-13H,14-15H2,(H,27,28). The second kappa shape index (κ2) is 8.60. The Kier molecular flexibility index (Phi) is 5.74. The van der Waals surface area contributed by atoms with E-state index in [9.17, 15) is 9.90 Å². The lowest BCUT2D eigenvalue weighted by Gasteiger charge is -2.05. The second-order valence-corrected chi connectivity index (χ2v) is 8.25. The summed E-state index contributed by atoms with van der Waals surface area (Å²) in [5, 5.41) is 10.8. The summed E-state index contributed by atoms with van der Waals surface area (Å²) in [6, 6.07) is 25.9. The number of carboxylic acid groups (broad SMARTS) is 1. The summed E-state index contributed by atoms with van der Waals surface area (Å²) >= 11 is 7.39. The van der Waals surface area contributed by atoms with Crippen LogP contribution < -0.4 is 0 Å². The van der Waals surface area contributed by atoms with E-state index in [1.54, 1.807) is 0 Å². The smallest absolute Gasteiger partial charge is 0.308 e. The number of halogens is 1. The van der Waals surface area contributed by atoms with Gasteiger partial charge in [-0.05, 0) is 29.7 Å². The Labute approximate surface area is 178 Å². The maximum atomic E-state index is 11.4. The number of thiazole rings is 1. The van der Waals surface area contributed by atoms with Crippen LogP contribution in [0.1, 0.15) is 16.0 Å². The molecule has 144 valence electrons. The molecule has 0 radical (unpaired) electrons. The Balaban J connectivity index is 1.65. The third kappa shape index (κ3) is 4.73. The number of carbonyl (C=O) groups is 1. The molecule has 0 bridgehead atoms. The van der Waals surface area contributed by atoms with Gasteiger partial charge in [-0.3, -0.25) is 4.79 Å². The van der Waals surface area contributed by atoms with E-state index in [1.807, 2.05) is 54.6 Å². The Morgan fingerprint density at radius 1 is 0.862 bits per heavy atom. The van der Waals surface area contributed by atoms with Gasteiger partial charge in [0.25, 0.3) is 0 Å². The van der Waals surface area contributed by atoms with Crippen LogP contribution in [-0.2, 0) is 17.6 Å². The molecule has 4 aromatic rings. The fourth-order valence-electron chi connectivity index (χ4n) is 3.16. The summed E-state index contributed by atoms with van der Waals surface area (Å²) in [5.74, 6) is -0.863. The van der Waals surface area contributed by atoms with E-state index < -0.39 is 5.97 Å². The van der Waals surface area contributed by atoms with Crippen molar-refractivity contribution < 1.29 is 9.90 Å². The number of hydrogen-bond donors (Lipinski definition) is 1. The molecule has 0 saturated carbocycles. The van der Waals surface area contributed by atoms with Crippen molar-refractivity contribution in [3.05, 3.63) is 99.9 Å². The molecule has 0 unspecified atom stereocenters. The number of nitrogens with zero attached hydrogens (tertiary/aromatic N) is 1. The first-order valence-corrected chi connectivity index (χ1v) is 10.4. The lowest BCUT2D eigenvalue weighted by Crippen LogP contribution is -1.99. The highest BCUT2D eigenvalue weighted by molar-refractivity contribution is 7.15. The van der Waals surface area contributed by atoms with E-state index in [0.717, 1.165) is 33.1 Å². The lowest BCUT2D eigenvalue weighted by atomic mass is 10.0. The van der Waals surface area contributed by atoms with Crippen LogP contribution in [-0.4, -0.2) is 16.1 Å². The second-order valence-electron chi connectivity index (χ2n) is 6.73. The van der Waals surface area contributed by atoms with E-state index >= 15 is 0 Å². The van der Waals surface area contributed by atoms with Crippen molar-refractivity contribution >= 4 is 28.9 Å². The molecule has 1 N–H and O–H groups in total. The van der Waals surface area contributed by atoms with Crippen LogP contribution in [0.2, 0.25) is 5.02 Å². The molecule has 0 aliphatic carbocycles. The minimum absolute atomic E-state index is 0.0492. The van der Waals surface area contributed by atoms with Gasteiger partial charge in [0.05, 0.1) is 12.1 Å². The van der Waals surface area contributed by atoms with Crippen molar-refractivity contribution in [3.8, 4) is 21.8 Å². The lowest BCUT2D eigenvalue weighted by molar-refractivity contribution is -0.136. The molecule has 0 aliphatic rings. The fourth-order valence-corrected chi connectivity index (χ4v) is 4.37. The summed E-state index contributed by atoms with van der Waals surface area (Å²) in [6.07, 6.45) is 0.808. The van der Waals surface area contributed by atoms with E-state index in [0.29, 0.717) is 5.02 Å². The number of rotatable bonds is 6. The van der Waals surface area contributed by atoms with Crippen molar-refractivity contribution in [1.82, 2.24) is 4.98 Å². The zero-order valence-electron chi connectivity index (χ0n) is 15.5. The molecule has 0 saturated heterocycles. The highest BCUT2D eigenvalue weighted by Crippen LogP contribution is 2.35. The van der Waals surface area contributed by atoms with Gasteiger partial charge in [0.15, 0.2) is 0 Å². The Morgan fingerprint density at radius 2 is 1.48 bits per heavy atom. The molecular weight excluding hydrogens is 402 g/mol. The number of aromatic nitrogens is 1. The zero-order chi connectivity index (χ0) is 20.2. The van der Waals surface area contributed by atoms with Crippen molar-refractivity contribution in [2.45, 2.75) is 12.8 Å². The molecule has 1 heterocycles. The molecule has 5 heteroatoms. The molecule has 0 amide bonds. The molecule has 1 aromatic heterocycles. The van der Waals surface area contributed by atoms with E-state index in [4.69, 9.17) is 16.6 Å². The van der Waals surface area contributed by atoms with Crippen LogP contribution in [0.4, 0.5) is 0 Å². The average molecular weight is 420 g/mol. The van der Waals surface area contributed by atoms with Gasteiger partial charge in [-0.1, -0.05) is 78.3 Å². The molecule has 29 heavy (non-hydrogen) atoms. The van der Waals surface area contributed by atoms with Crippen molar-refractivity contribution in [1.29, 1.82) is 0 Å². The van der Waals surface area contributed by atoms with E-state index in [-0.39, 0.29) is 6.42 Å². The number of hydrogen-bond acceptors (Lipinski definition) is 3. The third-order valence-electron chi connectivity index (χ3n) is 4.58. The summed E-state index contributed by atoms with van der Waals surface area (Å²) in [4.78, 5) is 16.9. The Hall–Kier alpha value is -2.95. The van der Waals surface area contributed by atoms with Gasteiger partial charge in [-0.15, -0.1) is 11.3 Å². The molecule has 4 rings (SSSR count). The summed E-state index contributed by atoms with van der Waals surface area (Å²) < 4.78 is 0. The highest BCUT2D eigenvalue weighted by Gasteiger charge is 2.17. The Bertz CT molecular complexity index is 1120. The van der Waals surface area contributed by atoms with Crippen molar-refractivity contribution in [2.24, 2.45) is 0 Å². The van der Waals surface area contributed by atoms with Crippen LogP contribution in [0.15, 0.2) is 78.9 Å². The summed E-state index contributed by atoms with van der Waals surface area (Å²) in [6.45, 7) is 0. The minimum atomic E-state index is -0.863. The van der Waals surface area contributed by atoms with Gasteiger partial charge >= 0.3 is 5.97 Å². The zero-order valence-corrected chi connectivity index (χ0v) is 17.1. The van der Waals surface area contributed by atoms with Gasteiger partial charge in [0, 0.05) is 21.0 Å². The summed E-state index contributed by atoms with van der Waals surface area (Å²) in [7, 11) is 0. The average Bonchev–Trinajstić information content (AvgIpc) is 3.13. The number of benzene rings is 3. The van der Waals surface area contributed by atoms with Gasteiger partial charge in [-0.25, -0.2) is 4.98 Å². The van der Waals surface area contributed by atoms with Crippen LogP contribution >= 0.6 is 22.9 Å². The van der Waals surface area contributed by atoms with Crippen LogP contribution in [0.25, 0.3) is 21.8 Å². The first kappa shape index (κ1) is 19.4. The first-order chi connectivity index (χ1) is 14.1. The molecule has 0 aliphatic heterocycles. The quantitative estimate of drug-likeness (QED) is 0.396. The first-order valence-electron chi connectivity index (χ1n) is 9.19. The maximum Gasteiger partial charge on any atom is 0.308 e. The van der Waals surface area contributed by atoms with E-state index in [1.165, 1.54) is 22.5 Å². The van der Waals surface area contributed by atoms with E-state index in [2.05, 4.69) is 24.3 Å². The number of aliphatic carboxylic acids is 1. The molecule has 0 atom stereocenters. The van der Waals surface area contributed by atoms with Crippen LogP contribution in [0, 0.1) is 0 Å². The molecule has 3 aromatic carbocycles. The monoisotopic (exact) mass is 419 g/mol. The van der Waals surface area contributed by atoms with Crippen LogP contribution in [0.5, 0.6) is 0 Å². The third-order valence-corrected chi connectivity index (χ3v) is 5.94. The van der Waals surface area contributed by atoms with Crippen molar-refractivity contribution in [3.63, 3.8) is 0 Å². The summed E-state index contributed by atoms with van der Waals surface area (Å²) in [5.41, 5.74) is 5.04. The normalized spacial score (nSPS) is 10.8. The molecule has 0 fully saturated rings. The highest BCUT2D eigenvalue weighted by atomic mass is 35.5. The topological polar surface area (TPSA) is 50.2 Å². The van der Waals surface area contributed by atoms with Crippen molar-refractivity contribution in [2.75, 3.05) is 0 Å². The van der Waals surface area contributed by atoms with Gasteiger partial charge in [0.2, 0.25) is 0 Å². The number of carboxylic acids is 1. The molecular formula is C24H18ClNO2S. The van der Waals surface area contributed by atoms with Gasteiger partial charge in [0.1, 0.15) is 5.01 Å².